The van der Waals surface area contributed by atoms with Crippen molar-refractivity contribution in [2.75, 3.05) is 19.8 Å². The summed E-state index contributed by atoms with van der Waals surface area (Å²) in [5, 5.41) is 12.7. The molecule has 3 nitrogen and oxygen atoms in total. The Labute approximate surface area is 101 Å². The van der Waals surface area contributed by atoms with Gasteiger partial charge in [-0.3, -0.25) is 0 Å². The van der Waals surface area contributed by atoms with Gasteiger partial charge in [-0.1, -0.05) is 40.0 Å². The smallest absolute Gasteiger partial charge is 0.0668 e. The maximum Gasteiger partial charge on any atom is 0.0668 e. The minimum atomic E-state index is -0.307. The third kappa shape index (κ3) is 8.08. The normalized spacial score (nSPS) is 15.4. The average molecular weight is 231 g/mol. The van der Waals surface area contributed by atoms with E-state index in [1.54, 1.807) is 0 Å². The lowest BCUT2D eigenvalue weighted by atomic mass is 10.0. The number of nitrogens with one attached hydrogen (secondary N) is 1. The van der Waals surface area contributed by atoms with Crippen LogP contribution in [0.1, 0.15) is 53.4 Å². The topological polar surface area (TPSA) is 41.5 Å². The molecule has 0 rings (SSSR count). The van der Waals surface area contributed by atoms with Crippen molar-refractivity contribution < 1.29 is 9.84 Å². The Morgan fingerprint density at radius 3 is 2.44 bits per heavy atom. The fourth-order valence-corrected chi connectivity index (χ4v) is 1.76. The molecule has 3 heteroatoms. The third-order valence-electron chi connectivity index (χ3n) is 2.55. The third-order valence-corrected chi connectivity index (χ3v) is 2.55. The molecular formula is C13H29NO2. The Hall–Kier alpha value is -0.120. The van der Waals surface area contributed by atoms with E-state index in [1.165, 1.54) is 19.3 Å². The Bertz CT molecular complexity index is 162. The van der Waals surface area contributed by atoms with Crippen LogP contribution in [0.25, 0.3) is 0 Å². The van der Waals surface area contributed by atoms with Crippen LogP contribution in [0.2, 0.25) is 0 Å². The minimum Gasteiger partial charge on any atom is -0.394 e. The Kier molecular flexibility index (Phi) is 8.90. The Morgan fingerprint density at radius 1 is 1.25 bits per heavy atom. The first-order chi connectivity index (χ1) is 7.54. The lowest BCUT2D eigenvalue weighted by Crippen LogP contribution is -2.52. The van der Waals surface area contributed by atoms with E-state index in [4.69, 9.17) is 4.74 Å². The van der Waals surface area contributed by atoms with Gasteiger partial charge in [0, 0.05) is 12.6 Å². The maximum absolute atomic E-state index is 9.33. The molecule has 0 aliphatic heterocycles. The van der Waals surface area contributed by atoms with Crippen LogP contribution in [0, 0.1) is 0 Å². The molecule has 0 radical (unpaired) electrons. The van der Waals surface area contributed by atoms with Crippen LogP contribution in [0.4, 0.5) is 0 Å². The SMILES string of the molecule is CCCCCCOCC(C)(CO)NC(C)C. The predicted octanol–water partition coefficient (Wildman–Crippen LogP) is 2.33. The summed E-state index contributed by atoms with van der Waals surface area (Å²) in [7, 11) is 0. The van der Waals surface area contributed by atoms with Gasteiger partial charge in [-0.25, -0.2) is 0 Å². The van der Waals surface area contributed by atoms with Crippen molar-refractivity contribution >= 4 is 0 Å². The summed E-state index contributed by atoms with van der Waals surface area (Å²) in [5.74, 6) is 0. The summed E-state index contributed by atoms with van der Waals surface area (Å²) in [6.07, 6.45) is 4.90. The van der Waals surface area contributed by atoms with E-state index in [9.17, 15) is 5.11 Å². The van der Waals surface area contributed by atoms with Gasteiger partial charge < -0.3 is 15.2 Å². The molecule has 0 saturated carbocycles. The van der Waals surface area contributed by atoms with Crippen LogP contribution in [0.15, 0.2) is 0 Å². The highest BCUT2D eigenvalue weighted by Crippen LogP contribution is 2.06. The number of ether oxygens (including phenoxy) is 1. The molecule has 0 aromatic rings. The number of aliphatic hydroxyl groups excluding tert-OH is 1. The van der Waals surface area contributed by atoms with Crippen molar-refractivity contribution in [3.05, 3.63) is 0 Å². The fourth-order valence-electron chi connectivity index (χ4n) is 1.76. The molecule has 98 valence electrons. The summed E-state index contributed by atoms with van der Waals surface area (Å²) in [6.45, 7) is 9.85. The van der Waals surface area contributed by atoms with E-state index in [0.717, 1.165) is 13.0 Å². The second kappa shape index (κ2) is 8.97. The summed E-state index contributed by atoms with van der Waals surface area (Å²) < 4.78 is 5.61. The van der Waals surface area contributed by atoms with E-state index in [2.05, 4.69) is 26.1 Å². The quantitative estimate of drug-likeness (QED) is 0.567. The molecule has 0 aliphatic rings. The first-order valence-electron chi connectivity index (χ1n) is 6.50. The molecular weight excluding hydrogens is 202 g/mol. The number of rotatable bonds is 10. The number of unbranched alkanes of at least 4 members (excludes halogenated alkanes) is 3. The summed E-state index contributed by atoms with van der Waals surface area (Å²) >= 11 is 0. The van der Waals surface area contributed by atoms with E-state index in [0.29, 0.717) is 12.6 Å². The highest BCUT2D eigenvalue weighted by atomic mass is 16.5. The first-order valence-corrected chi connectivity index (χ1v) is 6.50. The van der Waals surface area contributed by atoms with Crippen molar-refractivity contribution in [1.82, 2.24) is 5.32 Å². The molecule has 1 atom stereocenters. The van der Waals surface area contributed by atoms with Crippen LogP contribution in [-0.2, 0) is 4.74 Å². The fraction of sp³-hybridized carbons (Fsp3) is 1.00. The Balaban J connectivity index is 3.61. The Morgan fingerprint density at radius 2 is 1.94 bits per heavy atom. The zero-order chi connectivity index (χ0) is 12.4. The molecule has 2 N–H and O–H groups in total. The highest BCUT2D eigenvalue weighted by molar-refractivity contribution is 4.83. The second-order valence-corrected chi connectivity index (χ2v) is 5.13. The van der Waals surface area contributed by atoms with Gasteiger partial charge in [0.2, 0.25) is 0 Å². The maximum atomic E-state index is 9.33. The number of hydrogen-bond acceptors (Lipinski definition) is 3. The van der Waals surface area contributed by atoms with Gasteiger partial charge >= 0.3 is 0 Å². The van der Waals surface area contributed by atoms with Crippen LogP contribution in [-0.4, -0.2) is 36.5 Å². The minimum absolute atomic E-state index is 0.111. The van der Waals surface area contributed by atoms with Crippen LogP contribution < -0.4 is 5.32 Å². The van der Waals surface area contributed by atoms with Crippen molar-refractivity contribution in [3.63, 3.8) is 0 Å². The predicted molar refractivity (Wildman–Crippen MR) is 68.7 cm³/mol. The van der Waals surface area contributed by atoms with Gasteiger partial charge in [-0.05, 0) is 13.3 Å². The first kappa shape index (κ1) is 15.9. The molecule has 0 heterocycles. The molecule has 0 aromatic heterocycles. The molecule has 0 fully saturated rings. The molecule has 0 bridgehead atoms. The highest BCUT2D eigenvalue weighted by Gasteiger charge is 2.23. The lowest BCUT2D eigenvalue weighted by Gasteiger charge is -2.30. The van der Waals surface area contributed by atoms with Crippen LogP contribution in [0.3, 0.4) is 0 Å². The lowest BCUT2D eigenvalue weighted by molar-refractivity contribution is 0.0387. The van der Waals surface area contributed by atoms with Crippen molar-refractivity contribution in [2.45, 2.75) is 65.0 Å². The van der Waals surface area contributed by atoms with Gasteiger partial charge in [-0.15, -0.1) is 0 Å². The van der Waals surface area contributed by atoms with E-state index < -0.39 is 0 Å². The second-order valence-electron chi connectivity index (χ2n) is 5.13. The molecule has 0 spiro atoms. The number of hydrogen-bond donors (Lipinski definition) is 2. The molecule has 16 heavy (non-hydrogen) atoms. The van der Waals surface area contributed by atoms with Gasteiger partial charge in [0.05, 0.1) is 18.8 Å². The number of aliphatic hydroxyl groups is 1. The van der Waals surface area contributed by atoms with E-state index >= 15 is 0 Å². The largest absolute Gasteiger partial charge is 0.394 e. The standard InChI is InChI=1S/C13H29NO2/c1-5-6-7-8-9-16-11-13(4,10-15)14-12(2)3/h12,14-15H,5-11H2,1-4H3. The molecule has 0 saturated heterocycles. The van der Waals surface area contributed by atoms with Gasteiger partial charge in [0.25, 0.3) is 0 Å². The summed E-state index contributed by atoms with van der Waals surface area (Å²) in [5.41, 5.74) is -0.307. The zero-order valence-electron chi connectivity index (χ0n) is 11.4. The monoisotopic (exact) mass is 231 g/mol. The molecule has 0 aromatic carbocycles. The van der Waals surface area contributed by atoms with Gasteiger partial charge in [-0.2, -0.15) is 0 Å². The van der Waals surface area contributed by atoms with Crippen molar-refractivity contribution in [2.24, 2.45) is 0 Å². The van der Waals surface area contributed by atoms with Crippen molar-refractivity contribution in [1.29, 1.82) is 0 Å². The van der Waals surface area contributed by atoms with Crippen LogP contribution >= 0.6 is 0 Å². The molecule has 1 unspecified atom stereocenters. The molecule has 0 aliphatic carbocycles. The van der Waals surface area contributed by atoms with Crippen LogP contribution in [0.5, 0.6) is 0 Å². The molecule has 0 amide bonds. The summed E-state index contributed by atoms with van der Waals surface area (Å²) in [6, 6.07) is 0.362. The van der Waals surface area contributed by atoms with Gasteiger partial charge in [0.15, 0.2) is 0 Å². The van der Waals surface area contributed by atoms with Crippen molar-refractivity contribution in [3.8, 4) is 0 Å². The van der Waals surface area contributed by atoms with E-state index in [1.807, 2.05) is 6.92 Å². The van der Waals surface area contributed by atoms with E-state index in [-0.39, 0.29) is 12.1 Å². The van der Waals surface area contributed by atoms with Gasteiger partial charge in [0.1, 0.15) is 0 Å². The zero-order valence-corrected chi connectivity index (χ0v) is 11.4. The summed E-state index contributed by atoms with van der Waals surface area (Å²) in [4.78, 5) is 0. The average Bonchev–Trinajstić information content (AvgIpc) is 2.22.